The number of hydrogen-bond acceptors (Lipinski definition) is 5. The van der Waals surface area contributed by atoms with Gasteiger partial charge in [-0.3, -0.25) is 9.78 Å². The van der Waals surface area contributed by atoms with Gasteiger partial charge in [0.1, 0.15) is 11.6 Å². The molecule has 2 aromatic heterocycles. The van der Waals surface area contributed by atoms with E-state index in [4.69, 9.17) is 4.74 Å². The second-order valence-electron chi connectivity index (χ2n) is 7.81. The molecular weight excluding hydrogens is 378 g/mol. The molecule has 7 nitrogen and oxygen atoms in total. The number of nitrogens with one attached hydrogen (secondary N) is 1. The van der Waals surface area contributed by atoms with Gasteiger partial charge in [0.05, 0.1) is 18.5 Å². The number of ether oxygens (including phenoxy) is 1. The fraction of sp³-hybridized carbons (Fsp3) is 0.435. The number of aryl methyl sites for hydroxylation is 2. The van der Waals surface area contributed by atoms with Gasteiger partial charge in [-0.2, -0.15) is 0 Å². The lowest BCUT2D eigenvalue weighted by atomic mass is 9.96. The topological polar surface area (TPSA) is 72.3 Å². The Hall–Kier alpha value is -3.09. The molecule has 0 radical (unpaired) electrons. The Morgan fingerprint density at radius 3 is 2.97 bits per heavy atom. The average molecular weight is 408 g/mol. The van der Waals surface area contributed by atoms with E-state index in [0.717, 1.165) is 67.1 Å². The van der Waals surface area contributed by atoms with Gasteiger partial charge in [0.25, 0.3) is 0 Å². The molecule has 1 amide bonds. The Labute approximate surface area is 177 Å². The van der Waals surface area contributed by atoms with Gasteiger partial charge < -0.3 is 19.5 Å². The summed E-state index contributed by atoms with van der Waals surface area (Å²) in [6, 6.07) is 7.97. The van der Waals surface area contributed by atoms with E-state index in [0.29, 0.717) is 6.54 Å². The van der Waals surface area contributed by atoms with Crippen molar-refractivity contribution >= 4 is 22.5 Å². The van der Waals surface area contributed by atoms with E-state index in [2.05, 4.69) is 24.8 Å². The number of methoxy groups -OCH3 is 1. The molecule has 0 spiro atoms. The van der Waals surface area contributed by atoms with Crippen LogP contribution in [0.4, 0.5) is 5.69 Å². The van der Waals surface area contributed by atoms with Gasteiger partial charge >= 0.3 is 0 Å². The first kappa shape index (κ1) is 20.2. The predicted molar refractivity (Wildman–Crippen MR) is 118 cm³/mol. The molecular formula is C23H29N5O2. The lowest BCUT2D eigenvalue weighted by Crippen LogP contribution is -2.43. The van der Waals surface area contributed by atoms with Gasteiger partial charge in [-0.25, -0.2) is 4.98 Å². The van der Waals surface area contributed by atoms with Crippen LogP contribution in [0.25, 0.3) is 10.9 Å². The van der Waals surface area contributed by atoms with Crippen LogP contribution in [0, 0.1) is 12.8 Å². The molecule has 3 heterocycles. The third kappa shape index (κ3) is 4.40. The van der Waals surface area contributed by atoms with Crippen molar-refractivity contribution in [2.24, 2.45) is 5.92 Å². The minimum absolute atomic E-state index is 0.00237. The highest BCUT2D eigenvalue weighted by Gasteiger charge is 2.26. The third-order valence-corrected chi connectivity index (χ3v) is 5.86. The molecule has 0 bridgehead atoms. The smallest absolute Gasteiger partial charge is 0.224 e. The minimum Gasteiger partial charge on any atom is -0.497 e. The van der Waals surface area contributed by atoms with Gasteiger partial charge in [0.2, 0.25) is 5.91 Å². The highest BCUT2D eigenvalue weighted by molar-refractivity contribution is 5.93. The number of anilines is 1. The van der Waals surface area contributed by atoms with Crippen LogP contribution >= 0.6 is 0 Å². The molecule has 1 unspecified atom stereocenters. The summed E-state index contributed by atoms with van der Waals surface area (Å²) < 4.78 is 7.51. The van der Waals surface area contributed by atoms with Crippen molar-refractivity contribution in [3.05, 3.63) is 48.7 Å². The van der Waals surface area contributed by atoms with Crippen molar-refractivity contribution in [1.82, 2.24) is 19.9 Å². The Bertz CT molecular complexity index is 1020. The van der Waals surface area contributed by atoms with Crippen molar-refractivity contribution < 1.29 is 9.53 Å². The Morgan fingerprint density at radius 2 is 2.17 bits per heavy atom. The maximum atomic E-state index is 12.8. The Balaban J connectivity index is 1.38. The first-order valence-corrected chi connectivity index (χ1v) is 10.6. The summed E-state index contributed by atoms with van der Waals surface area (Å²) in [4.78, 5) is 23.8. The molecule has 0 saturated carbocycles. The fourth-order valence-corrected chi connectivity index (χ4v) is 4.17. The van der Waals surface area contributed by atoms with Crippen LogP contribution in [0.1, 0.15) is 25.1 Å². The molecule has 1 atom stereocenters. The standard InChI is InChI=1S/C23H29N5O2/c1-17-24-11-14-27(17)13-4-9-26-23(29)18-5-3-12-28(16-18)22-8-10-25-21-7-6-19(30-2)15-20(21)22/h6-8,10-11,14-15,18H,3-5,9,12-13,16H2,1-2H3,(H,26,29). The van der Waals surface area contributed by atoms with Crippen LogP contribution in [-0.4, -0.2) is 47.2 Å². The molecule has 158 valence electrons. The van der Waals surface area contributed by atoms with Crippen molar-refractivity contribution in [1.29, 1.82) is 0 Å². The SMILES string of the molecule is COc1ccc2nccc(N3CCCC(C(=O)NCCCn4ccnc4C)C3)c2c1. The van der Waals surface area contributed by atoms with Crippen molar-refractivity contribution in [3.8, 4) is 5.75 Å². The van der Waals surface area contributed by atoms with Gasteiger partial charge in [0.15, 0.2) is 0 Å². The average Bonchev–Trinajstić information content (AvgIpc) is 3.20. The first-order chi connectivity index (χ1) is 14.7. The van der Waals surface area contributed by atoms with Crippen molar-refractivity contribution in [2.45, 2.75) is 32.7 Å². The number of aromatic nitrogens is 3. The van der Waals surface area contributed by atoms with E-state index < -0.39 is 0 Å². The molecule has 0 aliphatic carbocycles. The zero-order valence-electron chi connectivity index (χ0n) is 17.7. The van der Waals surface area contributed by atoms with E-state index in [-0.39, 0.29) is 11.8 Å². The van der Waals surface area contributed by atoms with Gasteiger partial charge in [-0.1, -0.05) is 0 Å². The quantitative estimate of drug-likeness (QED) is 0.609. The molecule has 4 rings (SSSR count). The number of rotatable bonds is 7. The lowest BCUT2D eigenvalue weighted by molar-refractivity contribution is -0.125. The van der Waals surface area contributed by atoms with Crippen LogP contribution in [0.3, 0.4) is 0 Å². The van der Waals surface area contributed by atoms with Crippen LogP contribution in [-0.2, 0) is 11.3 Å². The number of amides is 1. The van der Waals surface area contributed by atoms with Crippen LogP contribution in [0.15, 0.2) is 42.9 Å². The maximum absolute atomic E-state index is 12.8. The maximum Gasteiger partial charge on any atom is 0.224 e. The predicted octanol–water partition coefficient (Wildman–Crippen LogP) is 3.17. The molecule has 1 N–H and O–H groups in total. The number of fused-ring (bicyclic) bond motifs is 1. The first-order valence-electron chi connectivity index (χ1n) is 10.6. The zero-order valence-corrected chi connectivity index (χ0v) is 17.7. The van der Waals surface area contributed by atoms with Crippen molar-refractivity contribution in [2.75, 3.05) is 31.6 Å². The molecule has 7 heteroatoms. The number of hydrogen-bond donors (Lipinski definition) is 1. The summed E-state index contributed by atoms with van der Waals surface area (Å²) in [5.41, 5.74) is 2.06. The molecule has 1 aliphatic heterocycles. The number of piperidine rings is 1. The minimum atomic E-state index is 0.00237. The highest BCUT2D eigenvalue weighted by Crippen LogP contribution is 2.31. The Kier molecular flexibility index (Phi) is 6.16. The second kappa shape index (κ2) is 9.15. The molecule has 3 aromatic rings. The summed E-state index contributed by atoms with van der Waals surface area (Å²) in [7, 11) is 1.67. The molecule has 1 saturated heterocycles. The summed E-state index contributed by atoms with van der Waals surface area (Å²) in [6.45, 7) is 5.21. The second-order valence-corrected chi connectivity index (χ2v) is 7.81. The van der Waals surface area contributed by atoms with Crippen LogP contribution < -0.4 is 15.0 Å². The van der Waals surface area contributed by atoms with E-state index >= 15 is 0 Å². The summed E-state index contributed by atoms with van der Waals surface area (Å²) >= 11 is 0. The summed E-state index contributed by atoms with van der Waals surface area (Å²) in [6.07, 6.45) is 8.45. The monoisotopic (exact) mass is 407 g/mol. The van der Waals surface area contributed by atoms with E-state index in [1.165, 1.54) is 0 Å². The normalized spacial score (nSPS) is 16.6. The number of benzene rings is 1. The lowest BCUT2D eigenvalue weighted by Gasteiger charge is -2.34. The van der Waals surface area contributed by atoms with E-state index in [1.54, 1.807) is 7.11 Å². The van der Waals surface area contributed by atoms with Crippen molar-refractivity contribution in [3.63, 3.8) is 0 Å². The zero-order chi connectivity index (χ0) is 20.9. The number of carbonyl (C=O) groups is 1. The summed E-state index contributed by atoms with van der Waals surface area (Å²) in [5.74, 6) is 1.97. The highest BCUT2D eigenvalue weighted by atomic mass is 16.5. The molecule has 30 heavy (non-hydrogen) atoms. The van der Waals surface area contributed by atoms with Gasteiger partial charge in [0, 0.05) is 55.8 Å². The number of carbonyl (C=O) groups excluding carboxylic acids is 1. The molecule has 1 aliphatic rings. The van der Waals surface area contributed by atoms with Crippen LogP contribution in [0.5, 0.6) is 5.75 Å². The van der Waals surface area contributed by atoms with Crippen LogP contribution in [0.2, 0.25) is 0 Å². The number of pyridine rings is 1. The van der Waals surface area contributed by atoms with E-state index in [9.17, 15) is 4.79 Å². The Morgan fingerprint density at radius 1 is 1.27 bits per heavy atom. The number of imidazole rings is 1. The van der Waals surface area contributed by atoms with Gasteiger partial charge in [-0.05, 0) is 50.5 Å². The largest absolute Gasteiger partial charge is 0.497 e. The van der Waals surface area contributed by atoms with Gasteiger partial charge in [-0.15, -0.1) is 0 Å². The molecule has 1 fully saturated rings. The fourth-order valence-electron chi connectivity index (χ4n) is 4.17. The number of nitrogens with zero attached hydrogens (tertiary/aromatic N) is 4. The summed E-state index contributed by atoms with van der Waals surface area (Å²) in [5, 5.41) is 4.19. The molecule has 1 aromatic carbocycles. The third-order valence-electron chi connectivity index (χ3n) is 5.86. The van der Waals surface area contributed by atoms with E-state index in [1.807, 2.05) is 49.8 Å².